The number of nitrogens with one attached hydrogen (secondary N) is 1. The van der Waals surface area contributed by atoms with Crippen molar-refractivity contribution in [1.29, 1.82) is 0 Å². The van der Waals surface area contributed by atoms with Gasteiger partial charge < -0.3 is 15.7 Å². The lowest BCUT2D eigenvalue weighted by Gasteiger charge is -2.30. The molecule has 3 aliphatic heterocycles. The number of benzene rings is 1. The quantitative estimate of drug-likeness (QED) is 0.496. The van der Waals surface area contributed by atoms with Gasteiger partial charge in [-0.3, -0.25) is 19.3 Å². The molecule has 7 nitrogen and oxygen atoms in total. The molecular weight excluding hydrogens is 394 g/mol. The summed E-state index contributed by atoms with van der Waals surface area (Å²) < 4.78 is 0. The van der Waals surface area contributed by atoms with E-state index >= 15 is 0 Å². The third-order valence-electron chi connectivity index (χ3n) is 8.05. The van der Waals surface area contributed by atoms with Gasteiger partial charge in [0, 0.05) is 11.6 Å². The number of likely N-dealkylation sites (tertiary alicyclic amines) is 1. The molecule has 7 heteroatoms. The number of carbonyl (C=O) groups is 3. The third kappa shape index (κ3) is 2.82. The summed E-state index contributed by atoms with van der Waals surface area (Å²) in [5.74, 6) is -2.15. The molecule has 3 fully saturated rings. The molecule has 1 saturated carbocycles. The number of amides is 3. The standard InChI is InChI=1S/C24H31N3O4/c1-3-14-10-11-17-16(12-14)24(23(31)25-17)19-18(20(26-24)13(2)28)21(29)27(22(19)30)15-8-6-4-5-7-9-15/h10-13,15,18-20,26,28H,3-9H2,1-2H3,(H,25,31)/p+1/t13-,18+,19+,20+,24+/m1/s1. The first-order valence-electron chi connectivity index (χ1n) is 11.8. The van der Waals surface area contributed by atoms with Crippen molar-refractivity contribution >= 4 is 23.4 Å². The van der Waals surface area contributed by atoms with Crippen molar-refractivity contribution in [2.24, 2.45) is 11.8 Å². The Bertz CT molecular complexity index is 937. The van der Waals surface area contributed by atoms with E-state index in [0.29, 0.717) is 5.69 Å². The molecule has 2 saturated heterocycles. The number of aliphatic hydroxyl groups excluding tert-OH is 1. The Morgan fingerprint density at radius 2 is 1.87 bits per heavy atom. The van der Waals surface area contributed by atoms with Crippen LogP contribution in [0, 0.1) is 11.8 Å². The number of nitrogens with zero attached hydrogens (tertiary/aromatic N) is 1. The second-order valence-corrected chi connectivity index (χ2v) is 9.74. The molecule has 5 rings (SSSR count). The third-order valence-corrected chi connectivity index (χ3v) is 8.05. The Hall–Kier alpha value is -2.25. The first-order chi connectivity index (χ1) is 14.9. The maximum Gasteiger partial charge on any atom is 0.291 e. The number of nitrogens with two attached hydrogens (primary N) is 1. The fourth-order valence-corrected chi connectivity index (χ4v) is 6.49. The van der Waals surface area contributed by atoms with Crippen molar-refractivity contribution in [3.8, 4) is 0 Å². The summed E-state index contributed by atoms with van der Waals surface area (Å²) >= 11 is 0. The summed E-state index contributed by atoms with van der Waals surface area (Å²) in [4.78, 5) is 42.5. The fraction of sp³-hybridized carbons (Fsp3) is 0.625. The first-order valence-corrected chi connectivity index (χ1v) is 11.8. The molecule has 1 spiro atoms. The summed E-state index contributed by atoms with van der Waals surface area (Å²) in [6.45, 7) is 3.70. The van der Waals surface area contributed by atoms with Crippen LogP contribution >= 0.6 is 0 Å². The molecule has 0 aromatic heterocycles. The van der Waals surface area contributed by atoms with Crippen LogP contribution in [0.1, 0.15) is 63.5 Å². The summed E-state index contributed by atoms with van der Waals surface area (Å²) in [7, 11) is 0. The first kappa shape index (κ1) is 20.6. The molecule has 3 amide bonds. The van der Waals surface area contributed by atoms with Gasteiger partial charge in [-0.25, -0.2) is 0 Å². The van der Waals surface area contributed by atoms with Crippen molar-refractivity contribution in [1.82, 2.24) is 4.90 Å². The summed E-state index contributed by atoms with van der Waals surface area (Å²) in [5, 5.41) is 15.4. The van der Waals surface area contributed by atoms with Crippen LogP contribution in [0.3, 0.4) is 0 Å². The summed E-state index contributed by atoms with van der Waals surface area (Å²) in [5.41, 5.74) is 1.37. The molecule has 0 unspecified atom stereocenters. The van der Waals surface area contributed by atoms with Crippen molar-refractivity contribution in [3.63, 3.8) is 0 Å². The number of anilines is 1. The van der Waals surface area contributed by atoms with E-state index < -0.39 is 29.5 Å². The molecule has 1 aliphatic carbocycles. The number of rotatable bonds is 3. The topological polar surface area (TPSA) is 103 Å². The second kappa shape index (κ2) is 7.41. The van der Waals surface area contributed by atoms with E-state index in [0.717, 1.165) is 56.1 Å². The average Bonchev–Trinajstić information content (AvgIpc) is 3.23. The molecule has 3 heterocycles. The van der Waals surface area contributed by atoms with E-state index in [4.69, 9.17) is 0 Å². The Morgan fingerprint density at radius 3 is 2.52 bits per heavy atom. The molecular formula is C24H32N3O4+. The Labute approximate surface area is 182 Å². The number of hydrogen-bond acceptors (Lipinski definition) is 4. The van der Waals surface area contributed by atoms with Crippen LogP contribution in [0.15, 0.2) is 18.2 Å². The van der Waals surface area contributed by atoms with Gasteiger partial charge in [0.25, 0.3) is 5.91 Å². The molecule has 4 N–H and O–H groups in total. The number of fused-ring (bicyclic) bond motifs is 4. The van der Waals surface area contributed by atoms with Gasteiger partial charge in [-0.15, -0.1) is 0 Å². The number of aliphatic hydroxyl groups is 1. The Morgan fingerprint density at radius 1 is 1.16 bits per heavy atom. The van der Waals surface area contributed by atoms with Gasteiger partial charge >= 0.3 is 0 Å². The number of quaternary nitrogens is 1. The highest BCUT2D eigenvalue weighted by atomic mass is 16.3. The highest BCUT2D eigenvalue weighted by molar-refractivity contribution is 6.14. The van der Waals surface area contributed by atoms with Crippen LogP contribution in [0.5, 0.6) is 0 Å². The minimum absolute atomic E-state index is 0.0919. The molecule has 1 aromatic rings. The van der Waals surface area contributed by atoms with Gasteiger partial charge in [0.05, 0.1) is 5.69 Å². The second-order valence-electron chi connectivity index (χ2n) is 9.74. The number of imide groups is 1. The minimum Gasteiger partial charge on any atom is -0.387 e. The van der Waals surface area contributed by atoms with Crippen LogP contribution in [0.25, 0.3) is 0 Å². The van der Waals surface area contributed by atoms with Gasteiger partial charge in [-0.1, -0.05) is 38.7 Å². The van der Waals surface area contributed by atoms with Crippen molar-refractivity contribution < 1.29 is 24.8 Å². The fourth-order valence-electron chi connectivity index (χ4n) is 6.49. The Balaban J connectivity index is 1.63. The van der Waals surface area contributed by atoms with Crippen LogP contribution in [-0.4, -0.2) is 45.9 Å². The minimum atomic E-state index is -1.20. The molecule has 166 valence electrons. The highest BCUT2D eigenvalue weighted by Gasteiger charge is 2.75. The van der Waals surface area contributed by atoms with E-state index in [1.165, 1.54) is 4.90 Å². The highest BCUT2D eigenvalue weighted by Crippen LogP contribution is 2.50. The molecule has 1 aromatic carbocycles. The van der Waals surface area contributed by atoms with Crippen LogP contribution in [-0.2, 0) is 26.3 Å². The lowest BCUT2D eigenvalue weighted by molar-refractivity contribution is -0.738. The lowest BCUT2D eigenvalue weighted by atomic mass is 9.76. The van der Waals surface area contributed by atoms with Crippen molar-refractivity contribution in [3.05, 3.63) is 29.3 Å². The lowest BCUT2D eigenvalue weighted by Crippen LogP contribution is -3.00. The van der Waals surface area contributed by atoms with E-state index in [1.54, 1.807) is 6.92 Å². The monoisotopic (exact) mass is 426 g/mol. The Kier molecular flexibility index (Phi) is 4.94. The van der Waals surface area contributed by atoms with E-state index in [-0.39, 0.29) is 23.8 Å². The van der Waals surface area contributed by atoms with Crippen molar-refractivity contribution in [2.75, 3.05) is 5.32 Å². The zero-order valence-electron chi connectivity index (χ0n) is 18.3. The SMILES string of the molecule is CCc1ccc2c(c1)[C@@]1([NH2+][C@@H]([C@@H](C)O)[C@H]3C(=O)N(C4CCCCCC4)C(=O)[C@H]31)C(=O)N2. The molecule has 5 atom stereocenters. The zero-order valence-corrected chi connectivity index (χ0v) is 18.3. The van der Waals surface area contributed by atoms with Crippen molar-refractivity contribution in [2.45, 2.75) is 82.5 Å². The smallest absolute Gasteiger partial charge is 0.291 e. The normalized spacial score (nSPS) is 34.1. The van der Waals surface area contributed by atoms with Gasteiger partial charge in [0.15, 0.2) is 0 Å². The van der Waals surface area contributed by atoms with E-state index in [9.17, 15) is 19.5 Å². The molecule has 31 heavy (non-hydrogen) atoms. The van der Waals surface area contributed by atoms with Crippen LogP contribution in [0.4, 0.5) is 5.69 Å². The zero-order chi connectivity index (χ0) is 21.9. The summed E-state index contributed by atoms with van der Waals surface area (Å²) in [6, 6.07) is 5.25. The summed E-state index contributed by atoms with van der Waals surface area (Å²) in [6.07, 6.45) is 5.93. The maximum atomic E-state index is 13.9. The largest absolute Gasteiger partial charge is 0.387 e. The number of carbonyl (C=O) groups excluding carboxylic acids is 3. The van der Waals surface area contributed by atoms with Gasteiger partial charge in [0.1, 0.15) is 24.0 Å². The number of aryl methyl sites for hydroxylation is 1. The van der Waals surface area contributed by atoms with Crippen LogP contribution in [0.2, 0.25) is 0 Å². The molecule has 0 bridgehead atoms. The molecule has 4 aliphatic rings. The number of hydrogen-bond donors (Lipinski definition) is 3. The van der Waals surface area contributed by atoms with Gasteiger partial charge in [0.2, 0.25) is 17.4 Å². The molecule has 0 radical (unpaired) electrons. The van der Waals surface area contributed by atoms with Gasteiger partial charge in [-0.05, 0) is 43.9 Å². The van der Waals surface area contributed by atoms with E-state index in [2.05, 4.69) is 12.2 Å². The average molecular weight is 427 g/mol. The van der Waals surface area contributed by atoms with E-state index in [1.807, 2.05) is 23.5 Å². The van der Waals surface area contributed by atoms with Crippen LogP contribution < -0.4 is 10.6 Å². The maximum absolute atomic E-state index is 13.9. The predicted octanol–water partition coefficient (Wildman–Crippen LogP) is 1.05. The predicted molar refractivity (Wildman–Crippen MR) is 114 cm³/mol. The van der Waals surface area contributed by atoms with Gasteiger partial charge in [-0.2, -0.15) is 0 Å².